The number of nitrogens with zero attached hydrogens (tertiary/aromatic N) is 1. The second kappa shape index (κ2) is 11.7. The molecule has 4 aromatic carbocycles. The number of benzene rings is 4. The monoisotopic (exact) mass is 481 g/mol. The predicted molar refractivity (Wildman–Crippen MR) is 142 cm³/mol. The molecule has 2 N–H and O–H groups in total. The maximum absolute atomic E-state index is 12.7. The highest BCUT2D eigenvalue weighted by atomic mass is 16.5. The van der Waals surface area contributed by atoms with Gasteiger partial charge in [-0.15, -0.1) is 0 Å². The molecule has 0 aliphatic carbocycles. The Morgan fingerprint density at radius 2 is 1.67 bits per heavy atom. The van der Waals surface area contributed by atoms with Gasteiger partial charge in [0.25, 0.3) is 11.8 Å². The standard InChI is InChI=1S/C29H27N3O4/c1-3-35-27-17-21(15-16-26(27)36-19-28(33)31-25-14-7-4-9-20(25)2)18-30-32-29(34)24-13-8-11-22-10-5-6-12-23(22)24/h4-18H,3,19H2,1-2H3,(H,31,33)(H,32,34)/b30-18-. The fourth-order valence-corrected chi connectivity index (χ4v) is 3.68. The van der Waals surface area contributed by atoms with E-state index in [1.807, 2.05) is 74.5 Å². The molecule has 0 saturated heterocycles. The van der Waals surface area contributed by atoms with Crippen LogP contribution in [0.5, 0.6) is 11.5 Å². The molecular weight excluding hydrogens is 454 g/mol. The highest BCUT2D eigenvalue weighted by Gasteiger charge is 2.11. The molecule has 0 aromatic heterocycles. The Kier molecular flexibility index (Phi) is 7.93. The van der Waals surface area contributed by atoms with E-state index in [-0.39, 0.29) is 18.4 Å². The van der Waals surface area contributed by atoms with Crippen molar-refractivity contribution in [3.8, 4) is 11.5 Å². The average Bonchev–Trinajstić information content (AvgIpc) is 2.89. The highest BCUT2D eigenvalue weighted by Crippen LogP contribution is 2.28. The summed E-state index contributed by atoms with van der Waals surface area (Å²) in [7, 11) is 0. The molecule has 0 bridgehead atoms. The minimum Gasteiger partial charge on any atom is -0.490 e. The number of aryl methyl sites for hydroxylation is 1. The summed E-state index contributed by atoms with van der Waals surface area (Å²) >= 11 is 0. The normalized spacial score (nSPS) is 10.8. The van der Waals surface area contributed by atoms with Crippen molar-refractivity contribution in [1.82, 2.24) is 5.43 Å². The lowest BCUT2D eigenvalue weighted by Crippen LogP contribution is -2.20. The third-order valence-electron chi connectivity index (χ3n) is 5.46. The van der Waals surface area contributed by atoms with Crippen molar-refractivity contribution in [2.45, 2.75) is 13.8 Å². The number of carbonyl (C=O) groups is 2. The number of carbonyl (C=O) groups excluding carboxylic acids is 2. The lowest BCUT2D eigenvalue weighted by molar-refractivity contribution is -0.118. The van der Waals surface area contributed by atoms with Crippen molar-refractivity contribution >= 4 is 34.5 Å². The van der Waals surface area contributed by atoms with Gasteiger partial charge in [0.2, 0.25) is 0 Å². The number of fused-ring (bicyclic) bond motifs is 1. The third kappa shape index (κ3) is 6.07. The van der Waals surface area contributed by atoms with E-state index in [2.05, 4.69) is 15.8 Å². The summed E-state index contributed by atoms with van der Waals surface area (Å²) in [6.07, 6.45) is 1.53. The van der Waals surface area contributed by atoms with Crippen LogP contribution in [0.1, 0.15) is 28.4 Å². The number of hydrogen-bond donors (Lipinski definition) is 2. The van der Waals surface area contributed by atoms with Gasteiger partial charge in [-0.2, -0.15) is 5.10 Å². The minimum atomic E-state index is -0.298. The van der Waals surface area contributed by atoms with Crippen molar-refractivity contribution in [2.75, 3.05) is 18.5 Å². The molecule has 7 nitrogen and oxygen atoms in total. The average molecular weight is 482 g/mol. The summed E-state index contributed by atoms with van der Waals surface area (Å²) in [4.78, 5) is 25.0. The van der Waals surface area contributed by atoms with Gasteiger partial charge in [-0.3, -0.25) is 9.59 Å². The lowest BCUT2D eigenvalue weighted by Gasteiger charge is -2.13. The topological polar surface area (TPSA) is 89.0 Å². The number of ether oxygens (including phenoxy) is 2. The Balaban J connectivity index is 1.39. The van der Waals surface area contributed by atoms with E-state index in [1.165, 1.54) is 6.21 Å². The molecule has 0 atom stereocenters. The minimum absolute atomic E-state index is 0.164. The summed E-state index contributed by atoms with van der Waals surface area (Å²) in [6.45, 7) is 4.04. The van der Waals surface area contributed by atoms with Gasteiger partial charge < -0.3 is 14.8 Å². The first-order chi connectivity index (χ1) is 17.5. The van der Waals surface area contributed by atoms with Gasteiger partial charge in [-0.1, -0.05) is 54.6 Å². The first kappa shape index (κ1) is 24.5. The van der Waals surface area contributed by atoms with Gasteiger partial charge >= 0.3 is 0 Å². The van der Waals surface area contributed by atoms with Gasteiger partial charge in [0, 0.05) is 11.3 Å². The van der Waals surface area contributed by atoms with E-state index in [4.69, 9.17) is 9.47 Å². The first-order valence-electron chi connectivity index (χ1n) is 11.6. The Morgan fingerprint density at radius 1 is 0.889 bits per heavy atom. The van der Waals surface area contributed by atoms with E-state index in [1.54, 1.807) is 24.3 Å². The quantitative estimate of drug-likeness (QED) is 0.250. The second-order valence-electron chi connectivity index (χ2n) is 8.02. The summed E-state index contributed by atoms with van der Waals surface area (Å²) in [5.41, 5.74) is 5.54. The van der Waals surface area contributed by atoms with E-state index < -0.39 is 0 Å². The number of para-hydroxylation sites is 1. The Bertz CT molecular complexity index is 1410. The van der Waals surface area contributed by atoms with Crippen LogP contribution in [0.3, 0.4) is 0 Å². The molecule has 36 heavy (non-hydrogen) atoms. The second-order valence-corrected chi connectivity index (χ2v) is 8.02. The summed E-state index contributed by atoms with van der Waals surface area (Å²) in [5.74, 6) is 0.348. The van der Waals surface area contributed by atoms with Gasteiger partial charge in [0.15, 0.2) is 18.1 Å². The molecule has 0 unspecified atom stereocenters. The number of amides is 2. The van der Waals surface area contributed by atoms with Crippen LogP contribution < -0.4 is 20.2 Å². The van der Waals surface area contributed by atoms with Crippen LogP contribution in [0.15, 0.2) is 90.0 Å². The molecular formula is C29H27N3O4. The molecule has 0 radical (unpaired) electrons. The van der Waals surface area contributed by atoms with Gasteiger partial charge in [0.05, 0.1) is 12.8 Å². The maximum atomic E-state index is 12.7. The van der Waals surface area contributed by atoms with Gasteiger partial charge in [-0.05, 0) is 66.1 Å². The Labute approximate surface area is 209 Å². The molecule has 2 amide bonds. The van der Waals surface area contributed by atoms with E-state index in [0.717, 1.165) is 22.0 Å². The fraction of sp³-hybridized carbons (Fsp3) is 0.138. The number of nitrogens with one attached hydrogen (secondary N) is 2. The SMILES string of the molecule is CCOc1cc(/C=N\NC(=O)c2cccc3ccccc23)ccc1OCC(=O)Nc1ccccc1C. The summed E-state index contributed by atoms with van der Waals surface area (Å²) in [6, 6.07) is 26.0. The summed E-state index contributed by atoms with van der Waals surface area (Å²) in [5, 5.41) is 8.79. The molecule has 4 rings (SSSR count). The van der Waals surface area contributed by atoms with Crippen LogP contribution in [-0.4, -0.2) is 31.2 Å². The van der Waals surface area contributed by atoms with Crippen LogP contribution >= 0.6 is 0 Å². The first-order valence-corrected chi connectivity index (χ1v) is 11.6. The molecule has 0 saturated carbocycles. The van der Waals surface area contributed by atoms with Gasteiger partial charge in [-0.25, -0.2) is 5.43 Å². The Hall–Kier alpha value is -4.65. The highest BCUT2D eigenvalue weighted by molar-refractivity contribution is 6.07. The molecule has 182 valence electrons. The Morgan fingerprint density at radius 3 is 2.50 bits per heavy atom. The van der Waals surface area contributed by atoms with E-state index in [0.29, 0.717) is 29.2 Å². The maximum Gasteiger partial charge on any atom is 0.271 e. The van der Waals surface area contributed by atoms with E-state index >= 15 is 0 Å². The predicted octanol–water partition coefficient (Wildman–Crippen LogP) is 5.33. The number of hydrogen-bond acceptors (Lipinski definition) is 5. The zero-order valence-corrected chi connectivity index (χ0v) is 20.2. The third-order valence-corrected chi connectivity index (χ3v) is 5.46. The molecule has 0 heterocycles. The van der Waals surface area contributed by atoms with Crippen LogP contribution in [0.2, 0.25) is 0 Å². The summed E-state index contributed by atoms with van der Waals surface area (Å²) < 4.78 is 11.4. The fourth-order valence-electron chi connectivity index (χ4n) is 3.68. The molecule has 4 aromatic rings. The van der Waals surface area contributed by atoms with Crippen LogP contribution in [0.4, 0.5) is 5.69 Å². The van der Waals surface area contributed by atoms with Crippen molar-refractivity contribution in [2.24, 2.45) is 5.10 Å². The van der Waals surface area contributed by atoms with Crippen molar-refractivity contribution < 1.29 is 19.1 Å². The number of hydrazone groups is 1. The molecule has 7 heteroatoms. The smallest absolute Gasteiger partial charge is 0.271 e. The van der Waals surface area contributed by atoms with Crippen LogP contribution in [0, 0.1) is 6.92 Å². The number of rotatable bonds is 9. The van der Waals surface area contributed by atoms with Crippen LogP contribution in [-0.2, 0) is 4.79 Å². The lowest BCUT2D eigenvalue weighted by atomic mass is 10.0. The molecule has 0 fully saturated rings. The van der Waals surface area contributed by atoms with Gasteiger partial charge in [0.1, 0.15) is 0 Å². The molecule has 0 aliphatic rings. The van der Waals surface area contributed by atoms with Crippen LogP contribution in [0.25, 0.3) is 10.8 Å². The van der Waals surface area contributed by atoms with Crippen molar-refractivity contribution in [1.29, 1.82) is 0 Å². The molecule has 0 spiro atoms. The molecule has 0 aliphatic heterocycles. The zero-order chi connectivity index (χ0) is 25.3. The van der Waals surface area contributed by atoms with Crippen molar-refractivity contribution in [3.63, 3.8) is 0 Å². The zero-order valence-electron chi connectivity index (χ0n) is 20.2. The number of anilines is 1. The van der Waals surface area contributed by atoms with Crippen molar-refractivity contribution in [3.05, 3.63) is 102 Å². The van der Waals surface area contributed by atoms with E-state index in [9.17, 15) is 9.59 Å². The largest absolute Gasteiger partial charge is 0.490 e.